The highest BCUT2D eigenvalue weighted by atomic mass is 15.3. The predicted octanol–water partition coefficient (Wildman–Crippen LogP) is 1.43. The van der Waals surface area contributed by atoms with Crippen molar-refractivity contribution in [1.82, 2.24) is 14.8 Å². The van der Waals surface area contributed by atoms with Crippen molar-refractivity contribution in [3.63, 3.8) is 0 Å². The minimum absolute atomic E-state index is 0.00124. The summed E-state index contributed by atoms with van der Waals surface area (Å²) >= 11 is 0. The zero-order valence-electron chi connectivity index (χ0n) is 9.78. The Morgan fingerprint density at radius 3 is 2.75 bits per heavy atom. The number of fused-ring (bicyclic) bond motifs is 1. The molecule has 1 aromatic rings. The fraction of sp³-hybridized carbons (Fsp3) is 0.833. The molecule has 16 heavy (non-hydrogen) atoms. The van der Waals surface area contributed by atoms with E-state index in [1.54, 1.807) is 0 Å². The smallest absolute Gasteiger partial charge is 0.134 e. The molecule has 0 spiro atoms. The first-order valence-electron chi connectivity index (χ1n) is 6.47. The maximum absolute atomic E-state index is 6.40. The summed E-state index contributed by atoms with van der Waals surface area (Å²) in [5, 5.41) is 8.63. The third-order valence-electron chi connectivity index (χ3n) is 4.05. The van der Waals surface area contributed by atoms with Crippen molar-refractivity contribution in [3.05, 3.63) is 11.6 Å². The molecule has 1 fully saturated rings. The number of rotatable bonds is 2. The number of hydrogen-bond donors (Lipinski definition) is 1. The van der Waals surface area contributed by atoms with E-state index in [1.807, 2.05) is 0 Å². The lowest BCUT2D eigenvalue weighted by Crippen LogP contribution is -2.39. The first kappa shape index (κ1) is 10.3. The van der Waals surface area contributed by atoms with Crippen LogP contribution in [0.5, 0.6) is 0 Å². The van der Waals surface area contributed by atoms with Gasteiger partial charge in [-0.25, -0.2) is 0 Å². The molecule has 0 aromatic carbocycles. The quantitative estimate of drug-likeness (QED) is 0.820. The summed E-state index contributed by atoms with van der Waals surface area (Å²) in [5.41, 5.74) is 6.40. The predicted molar refractivity (Wildman–Crippen MR) is 62.1 cm³/mol. The molecule has 0 unspecified atom stereocenters. The fourth-order valence-corrected chi connectivity index (χ4v) is 3.07. The molecule has 4 nitrogen and oxygen atoms in total. The van der Waals surface area contributed by atoms with Crippen molar-refractivity contribution in [2.75, 3.05) is 0 Å². The topological polar surface area (TPSA) is 56.7 Å². The second kappa shape index (κ2) is 3.84. The van der Waals surface area contributed by atoms with Crippen LogP contribution in [-0.2, 0) is 19.4 Å². The Hall–Kier alpha value is -0.900. The zero-order valence-corrected chi connectivity index (χ0v) is 9.78. The van der Waals surface area contributed by atoms with Crippen LogP contribution < -0.4 is 5.73 Å². The van der Waals surface area contributed by atoms with Gasteiger partial charge >= 0.3 is 0 Å². The third-order valence-corrected chi connectivity index (χ3v) is 4.05. The second-order valence-electron chi connectivity index (χ2n) is 5.39. The van der Waals surface area contributed by atoms with E-state index in [-0.39, 0.29) is 5.54 Å². The SMILES string of the molecule is NC1(Cc2nnc3n2CCCC3)CCCC1. The third kappa shape index (κ3) is 1.75. The molecule has 0 radical (unpaired) electrons. The summed E-state index contributed by atoms with van der Waals surface area (Å²) in [7, 11) is 0. The van der Waals surface area contributed by atoms with Crippen LogP contribution in [0.4, 0.5) is 0 Å². The monoisotopic (exact) mass is 220 g/mol. The van der Waals surface area contributed by atoms with Gasteiger partial charge in [0.1, 0.15) is 11.6 Å². The Labute approximate surface area is 96.2 Å². The van der Waals surface area contributed by atoms with E-state index in [9.17, 15) is 0 Å². The largest absolute Gasteiger partial charge is 0.325 e. The lowest BCUT2D eigenvalue weighted by Gasteiger charge is -2.24. The summed E-state index contributed by atoms with van der Waals surface area (Å²) in [5.74, 6) is 2.29. The number of nitrogens with zero attached hydrogens (tertiary/aromatic N) is 3. The van der Waals surface area contributed by atoms with Crippen LogP contribution in [0.3, 0.4) is 0 Å². The molecule has 1 aliphatic heterocycles. The van der Waals surface area contributed by atoms with E-state index in [4.69, 9.17) is 5.73 Å². The highest BCUT2D eigenvalue weighted by Crippen LogP contribution is 2.30. The molecule has 1 aromatic heterocycles. The Balaban J connectivity index is 1.81. The molecule has 0 amide bonds. The van der Waals surface area contributed by atoms with E-state index in [0.717, 1.165) is 38.1 Å². The van der Waals surface area contributed by atoms with Crippen LogP contribution in [0.15, 0.2) is 0 Å². The van der Waals surface area contributed by atoms with Crippen LogP contribution in [0.2, 0.25) is 0 Å². The highest BCUT2D eigenvalue weighted by molar-refractivity contribution is 5.05. The average molecular weight is 220 g/mol. The Bertz CT molecular complexity index is 376. The van der Waals surface area contributed by atoms with Gasteiger partial charge in [-0.3, -0.25) is 0 Å². The van der Waals surface area contributed by atoms with Crippen molar-refractivity contribution >= 4 is 0 Å². The fourth-order valence-electron chi connectivity index (χ4n) is 3.07. The molecule has 3 rings (SSSR count). The first-order valence-corrected chi connectivity index (χ1v) is 6.47. The number of hydrogen-bond acceptors (Lipinski definition) is 3. The van der Waals surface area contributed by atoms with Gasteiger partial charge < -0.3 is 10.3 Å². The number of aryl methyl sites for hydroxylation is 1. The number of aromatic nitrogens is 3. The van der Waals surface area contributed by atoms with Crippen LogP contribution in [0.1, 0.15) is 50.2 Å². The van der Waals surface area contributed by atoms with Crippen LogP contribution in [0, 0.1) is 0 Å². The van der Waals surface area contributed by atoms with Gasteiger partial charge in [0.05, 0.1) is 0 Å². The van der Waals surface area contributed by atoms with Gasteiger partial charge in [0.2, 0.25) is 0 Å². The molecule has 4 heteroatoms. The lowest BCUT2D eigenvalue weighted by atomic mass is 9.94. The lowest BCUT2D eigenvalue weighted by molar-refractivity contribution is 0.408. The summed E-state index contributed by atoms with van der Waals surface area (Å²) < 4.78 is 2.30. The Kier molecular flexibility index (Phi) is 2.46. The highest BCUT2D eigenvalue weighted by Gasteiger charge is 2.32. The van der Waals surface area contributed by atoms with E-state index in [1.165, 1.54) is 31.5 Å². The van der Waals surface area contributed by atoms with E-state index in [0.29, 0.717) is 0 Å². The molecular weight excluding hydrogens is 200 g/mol. The molecule has 2 N–H and O–H groups in total. The van der Waals surface area contributed by atoms with Gasteiger partial charge in [-0.05, 0) is 25.7 Å². The van der Waals surface area contributed by atoms with Crippen molar-refractivity contribution in [1.29, 1.82) is 0 Å². The molecule has 1 saturated carbocycles. The van der Waals surface area contributed by atoms with Crippen LogP contribution in [0.25, 0.3) is 0 Å². The van der Waals surface area contributed by atoms with Gasteiger partial charge in [-0.15, -0.1) is 10.2 Å². The normalized spacial score (nSPS) is 23.3. The van der Waals surface area contributed by atoms with E-state index < -0.39 is 0 Å². The van der Waals surface area contributed by atoms with E-state index >= 15 is 0 Å². The van der Waals surface area contributed by atoms with Crippen molar-refractivity contribution in [2.24, 2.45) is 5.73 Å². The molecule has 2 aliphatic rings. The van der Waals surface area contributed by atoms with Gasteiger partial charge in [0.25, 0.3) is 0 Å². The maximum Gasteiger partial charge on any atom is 0.134 e. The Morgan fingerprint density at radius 2 is 1.94 bits per heavy atom. The van der Waals surface area contributed by atoms with Crippen molar-refractivity contribution in [3.8, 4) is 0 Å². The first-order chi connectivity index (χ1) is 7.77. The average Bonchev–Trinajstić information content (AvgIpc) is 2.87. The van der Waals surface area contributed by atoms with E-state index in [2.05, 4.69) is 14.8 Å². The van der Waals surface area contributed by atoms with Crippen molar-refractivity contribution < 1.29 is 0 Å². The van der Waals surface area contributed by atoms with Crippen LogP contribution in [-0.4, -0.2) is 20.3 Å². The summed E-state index contributed by atoms with van der Waals surface area (Å²) in [6, 6.07) is 0. The Morgan fingerprint density at radius 1 is 1.12 bits per heavy atom. The molecule has 2 heterocycles. The number of nitrogens with two attached hydrogens (primary N) is 1. The standard InChI is InChI=1S/C12H20N4/c13-12(6-2-3-7-12)9-11-15-14-10-5-1-4-8-16(10)11/h1-9,13H2. The maximum atomic E-state index is 6.40. The van der Waals surface area contributed by atoms with Crippen LogP contribution >= 0.6 is 0 Å². The van der Waals surface area contributed by atoms with Gasteiger partial charge in [0, 0.05) is 24.9 Å². The minimum Gasteiger partial charge on any atom is -0.325 e. The molecule has 0 saturated heterocycles. The molecular formula is C12H20N4. The second-order valence-corrected chi connectivity index (χ2v) is 5.39. The molecule has 88 valence electrons. The molecule has 1 aliphatic carbocycles. The molecule has 0 atom stereocenters. The van der Waals surface area contributed by atoms with Gasteiger partial charge in [0.15, 0.2) is 0 Å². The molecule has 0 bridgehead atoms. The summed E-state index contributed by atoms with van der Waals surface area (Å²) in [4.78, 5) is 0. The van der Waals surface area contributed by atoms with Crippen molar-refractivity contribution in [2.45, 2.75) is 63.5 Å². The minimum atomic E-state index is 0.00124. The van der Waals surface area contributed by atoms with Gasteiger partial charge in [-0.1, -0.05) is 12.8 Å². The van der Waals surface area contributed by atoms with Gasteiger partial charge in [-0.2, -0.15) is 0 Å². The summed E-state index contributed by atoms with van der Waals surface area (Å²) in [6.07, 6.45) is 9.37. The summed E-state index contributed by atoms with van der Waals surface area (Å²) in [6.45, 7) is 1.09. The zero-order chi connectivity index (χ0) is 11.0.